The van der Waals surface area contributed by atoms with E-state index in [2.05, 4.69) is 15.0 Å². The lowest BCUT2D eigenvalue weighted by molar-refractivity contribution is -0.123. The highest BCUT2D eigenvalue weighted by Gasteiger charge is 2.46. The maximum absolute atomic E-state index is 11.5. The predicted molar refractivity (Wildman–Crippen MR) is 49.2 cm³/mol. The molecule has 14 heavy (non-hydrogen) atoms. The van der Waals surface area contributed by atoms with E-state index in [4.69, 9.17) is 5.73 Å². The molecule has 2 rings (SSSR count). The van der Waals surface area contributed by atoms with Crippen LogP contribution in [0.4, 0.5) is 0 Å². The lowest BCUT2D eigenvalue weighted by Crippen LogP contribution is -2.43. The first-order valence-electron chi connectivity index (χ1n) is 4.62. The van der Waals surface area contributed by atoms with Crippen LogP contribution in [0.25, 0.3) is 0 Å². The summed E-state index contributed by atoms with van der Waals surface area (Å²) >= 11 is 0. The minimum Gasteiger partial charge on any atom is -0.364 e. The number of hydrogen-bond donors (Lipinski definition) is 2. The average Bonchev–Trinajstić information content (AvgIpc) is 2.71. The lowest BCUT2D eigenvalue weighted by atomic mass is 10.2. The van der Waals surface area contributed by atoms with Gasteiger partial charge in [0.1, 0.15) is 12.0 Å². The molecule has 1 amide bonds. The third kappa shape index (κ3) is 1.63. The minimum atomic E-state index is -0.627. The number of carbonyl (C=O) groups is 1. The smallest absolute Gasteiger partial charge is 0.240 e. The van der Waals surface area contributed by atoms with Crippen molar-refractivity contribution in [2.24, 2.45) is 5.73 Å². The number of hydrogen-bond acceptors (Lipinski definition) is 4. The van der Waals surface area contributed by atoms with Crippen LogP contribution in [0.15, 0.2) is 16.9 Å². The van der Waals surface area contributed by atoms with Crippen molar-refractivity contribution >= 4 is 5.91 Å². The zero-order chi connectivity index (χ0) is 10.2. The Bertz CT molecular complexity index is 330. The lowest BCUT2D eigenvalue weighted by Gasteiger charge is -2.14. The number of nitrogens with two attached hydrogens (primary N) is 1. The van der Waals surface area contributed by atoms with Crippen LogP contribution in [0, 0.1) is 0 Å². The second-order valence-corrected chi connectivity index (χ2v) is 3.78. The van der Waals surface area contributed by atoms with Crippen molar-refractivity contribution < 1.29 is 9.32 Å². The van der Waals surface area contributed by atoms with E-state index >= 15 is 0 Å². The largest absolute Gasteiger partial charge is 0.364 e. The number of nitrogens with one attached hydrogen (secondary N) is 1. The van der Waals surface area contributed by atoms with Gasteiger partial charge in [0.05, 0.1) is 11.6 Å². The molecule has 0 saturated heterocycles. The minimum absolute atomic E-state index is 0.104. The van der Waals surface area contributed by atoms with Gasteiger partial charge in [0.25, 0.3) is 0 Å². The van der Waals surface area contributed by atoms with E-state index in [1.54, 1.807) is 6.07 Å². The molecular weight excluding hydrogens is 182 g/mol. The monoisotopic (exact) mass is 195 g/mol. The van der Waals surface area contributed by atoms with Gasteiger partial charge in [-0.1, -0.05) is 5.16 Å². The van der Waals surface area contributed by atoms with Crippen molar-refractivity contribution in [3.8, 4) is 0 Å². The molecule has 1 aromatic rings. The highest BCUT2D eigenvalue weighted by atomic mass is 16.5. The molecule has 0 aliphatic heterocycles. The topological polar surface area (TPSA) is 81.2 Å². The molecule has 5 heteroatoms. The molecule has 1 atom stereocenters. The van der Waals surface area contributed by atoms with Gasteiger partial charge in [-0.2, -0.15) is 0 Å². The number of rotatable bonds is 3. The van der Waals surface area contributed by atoms with Gasteiger partial charge in [-0.25, -0.2) is 0 Å². The number of carbonyl (C=O) groups excluding carboxylic acids is 1. The SMILES string of the molecule is CC(NC(=O)C1(N)CC1)c1ccon1. The van der Waals surface area contributed by atoms with Crippen molar-refractivity contribution in [1.82, 2.24) is 10.5 Å². The number of aromatic nitrogens is 1. The number of amides is 1. The van der Waals surface area contributed by atoms with Gasteiger partial charge in [0.2, 0.25) is 5.91 Å². The summed E-state index contributed by atoms with van der Waals surface area (Å²) in [5, 5.41) is 6.54. The zero-order valence-corrected chi connectivity index (χ0v) is 7.99. The summed E-state index contributed by atoms with van der Waals surface area (Å²) in [7, 11) is 0. The average molecular weight is 195 g/mol. The van der Waals surface area contributed by atoms with Gasteiger partial charge >= 0.3 is 0 Å². The molecule has 5 nitrogen and oxygen atoms in total. The van der Waals surface area contributed by atoms with Crippen molar-refractivity contribution in [2.75, 3.05) is 0 Å². The highest BCUT2D eigenvalue weighted by Crippen LogP contribution is 2.32. The first-order chi connectivity index (χ1) is 6.62. The Balaban J connectivity index is 1.95. The fraction of sp³-hybridized carbons (Fsp3) is 0.556. The fourth-order valence-corrected chi connectivity index (χ4v) is 1.22. The Hall–Kier alpha value is -1.36. The van der Waals surface area contributed by atoms with Crippen molar-refractivity contribution in [1.29, 1.82) is 0 Å². The summed E-state index contributed by atoms with van der Waals surface area (Å²) in [5.41, 5.74) is 5.82. The van der Waals surface area contributed by atoms with Crippen LogP contribution >= 0.6 is 0 Å². The molecule has 0 aromatic carbocycles. The Morgan fingerprint density at radius 2 is 2.50 bits per heavy atom. The molecule has 1 aliphatic rings. The highest BCUT2D eigenvalue weighted by molar-refractivity contribution is 5.89. The maximum atomic E-state index is 11.5. The van der Waals surface area contributed by atoms with E-state index in [1.165, 1.54) is 6.26 Å². The van der Waals surface area contributed by atoms with Crippen molar-refractivity contribution in [2.45, 2.75) is 31.3 Å². The summed E-state index contributed by atoms with van der Waals surface area (Å²) in [6.07, 6.45) is 3.02. The molecule has 1 aliphatic carbocycles. The van der Waals surface area contributed by atoms with Gasteiger partial charge < -0.3 is 15.6 Å². The quantitative estimate of drug-likeness (QED) is 0.728. The summed E-state index contributed by atoms with van der Waals surface area (Å²) in [6, 6.07) is 1.57. The van der Waals surface area contributed by atoms with Crippen LogP contribution in [-0.4, -0.2) is 16.6 Å². The van der Waals surface area contributed by atoms with E-state index in [0.29, 0.717) is 5.69 Å². The molecule has 1 unspecified atom stereocenters. The number of nitrogens with zero attached hydrogens (tertiary/aromatic N) is 1. The van der Waals surface area contributed by atoms with Crippen LogP contribution < -0.4 is 11.1 Å². The molecule has 76 valence electrons. The Morgan fingerprint density at radius 3 is 3.00 bits per heavy atom. The molecule has 0 radical (unpaired) electrons. The van der Waals surface area contributed by atoms with E-state index in [1.807, 2.05) is 6.92 Å². The van der Waals surface area contributed by atoms with E-state index in [0.717, 1.165) is 12.8 Å². The van der Waals surface area contributed by atoms with E-state index in [-0.39, 0.29) is 11.9 Å². The molecule has 1 heterocycles. The molecule has 3 N–H and O–H groups in total. The standard InChI is InChI=1S/C9H13N3O2/c1-6(7-2-5-14-12-7)11-8(13)9(10)3-4-9/h2,5-6H,3-4,10H2,1H3,(H,11,13). The van der Waals surface area contributed by atoms with Crippen LogP contribution in [0.3, 0.4) is 0 Å². The molecular formula is C9H13N3O2. The van der Waals surface area contributed by atoms with Crippen molar-refractivity contribution in [3.05, 3.63) is 18.0 Å². The van der Waals surface area contributed by atoms with Gasteiger partial charge in [0.15, 0.2) is 0 Å². The predicted octanol–water partition coefficient (Wildman–Crippen LogP) is 0.343. The first-order valence-corrected chi connectivity index (χ1v) is 4.62. The van der Waals surface area contributed by atoms with Gasteiger partial charge in [-0.05, 0) is 19.8 Å². The summed E-state index contributed by atoms with van der Waals surface area (Å²) in [4.78, 5) is 11.5. The first kappa shape index (κ1) is 9.21. The zero-order valence-electron chi connectivity index (χ0n) is 7.99. The second kappa shape index (κ2) is 3.09. The molecule has 1 fully saturated rings. The molecule has 0 bridgehead atoms. The van der Waals surface area contributed by atoms with E-state index in [9.17, 15) is 4.79 Å². The Morgan fingerprint density at radius 1 is 1.79 bits per heavy atom. The van der Waals surface area contributed by atoms with Crippen LogP contribution in [-0.2, 0) is 4.79 Å². The second-order valence-electron chi connectivity index (χ2n) is 3.78. The van der Waals surface area contributed by atoms with Gasteiger partial charge in [0, 0.05) is 6.07 Å². The van der Waals surface area contributed by atoms with Crippen LogP contribution in [0.2, 0.25) is 0 Å². The Kier molecular flexibility index (Phi) is 2.03. The molecule has 0 spiro atoms. The normalized spacial score (nSPS) is 20.1. The van der Waals surface area contributed by atoms with Crippen LogP contribution in [0.5, 0.6) is 0 Å². The van der Waals surface area contributed by atoms with Crippen LogP contribution in [0.1, 0.15) is 31.5 Å². The fourth-order valence-electron chi connectivity index (χ4n) is 1.22. The summed E-state index contributed by atoms with van der Waals surface area (Å²) in [6.45, 7) is 1.85. The van der Waals surface area contributed by atoms with Crippen molar-refractivity contribution in [3.63, 3.8) is 0 Å². The third-order valence-corrected chi connectivity index (χ3v) is 2.49. The maximum Gasteiger partial charge on any atom is 0.240 e. The van der Waals surface area contributed by atoms with E-state index < -0.39 is 5.54 Å². The molecule has 1 saturated carbocycles. The summed E-state index contributed by atoms with van der Waals surface area (Å²) < 4.78 is 4.69. The van der Waals surface area contributed by atoms with Gasteiger partial charge in [-0.3, -0.25) is 4.79 Å². The Labute approximate surface area is 81.6 Å². The van der Waals surface area contributed by atoms with Gasteiger partial charge in [-0.15, -0.1) is 0 Å². The summed E-state index contributed by atoms with van der Waals surface area (Å²) in [5.74, 6) is -0.104. The molecule has 1 aromatic heterocycles. The third-order valence-electron chi connectivity index (χ3n) is 2.49.